The molecule has 2 rings (SSSR count). The predicted octanol–water partition coefficient (Wildman–Crippen LogP) is 3.79. The molecule has 3 N–H and O–H groups in total. The van der Waals surface area contributed by atoms with Crippen LogP contribution >= 0.6 is 15.9 Å². The summed E-state index contributed by atoms with van der Waals surface area (Å²) in [7, 11) is 0. The van der Waals surface area contributed by atoms with Crippen molar-refractivity contribution in [2.75, 3.05) is 0 Å². The Hall–Kier alpha value is -2.14. The number of para-hydroxylation sites is 1. The van der Waals surface area contributed by atoms with Gasteiger partial charge in [0.05, 0.1) is 6.04 Å². The average Bonchev–Trinajstić information content (AvgIpc) is 2.47. The van der Waals surface area contributed by atoms with Crippen LogP contribution in [0, 0.1) is 5.41 Å². The molecule has 0 aliphatic rings. The first-order valence-corrected chi connectivity index (χ1v) is 7.65. The van der Waals surface area contributed by atoms with E-state index in [2.05, 4.69) is 21.2 Å². The molecule has 0 aromatic heterocycles. The van der Waals surface area contributed by atoms with Gasteiger partial charge in [0.25, 0.3) is 0 Å². The van der Waals surface area contributed by atoms with E-state index in [4.69, 9.17) is 5.41 Å². The van der Waals surface area contributed by atoms with Crippen LogP contribution in [0.15, 0.2) is 53.0 Å². The number of nitrogens with one attached hydrogen (secondary N) is 2. The third-order valence-electron chi connectivity index (χ3n) is 3.29. The smallest absolute Gasteiger partial charge is 0.217 e. The summed E-state index contributed by atoms with van der Waals surface area (Å²) in [4.78, 5) is 11.4. The quantitative estimate of drug-likeness (QED) is 0.709. The molecule has 1 atom stereocenters. The van der Waals surface area contributed by atoms with Gasteiger partial charge in [0.1, 0.15) is 5.75 Å². The minimum Gasteiger partial charge on any atom is -0.508 e. The summed E-state index contributed by atoms with van der Waals surface area (Å²) in [6.45, 7) is 1.43. The summed E-state index contributed by atoms with van der Waals surface area (Å²) < 4.78 is 0.947. The zero-order valence-corrected chi connectivity index (χ0v) is 13.7. The van der Waals surface area contributed by atoms with E-state index in [1.165, 1.54) is 6.92 Å². The first kappa shape index (κ1) is 16.2. The van der Waals surface area contributed by atoms with Crippen molar-refractivity contribution in [3.8, 4) is 5.75 Å². The highest BCUT2D eigenvalue weighted by molar-refractivity contribution is 9.10. The second-order valence-electron chi connectivity index (χ2n) is 5.00. The summed E-state index contributed by atoms with van der Waals surface area (Å²) in [6.07, 6.45) is 0.304. The van der Waals surface area contributed by atoms with Gasteiger partial charge in [0.15, 0.2) is 0 Å². The van der Waals surface area contributed by atoms with Gasteiger partial charge in [-0.15, -0.1) is 0 Å². The Morgan fingerprint density at radius 3 is 2.45 bits per heavy atom. The molecule has 1 unspecified atom stereocenters. The molecule has 22 heavy (non-hydrogen) atoms. The molecule has 2 aromatic carbocycles. The molecule has 0 saturated carbocycles. The number of carbonyl (C=O) groups excluding carboxylic acids is 1. The van der Waals surface area contributed by atoms with Crippen LogP contribution in [0.2, 0.25) is 0 Å². The molecule has 1 amide bonds. The minimum absolute atomic E-state index is 0.116. The number of phenols is 1. The van der Waals surface area contributed by atoms with Crippen molar-refractivity contribution in [2.24, 2.45) is 0 Å². The van der Waals surface area contributed by atoms with Crippen molar-refractivity contribution < 1.29 is 9.90 Å². The molecular formula is C17H17BrN2O2. The molecule has 0 fully saturated rings. The number of rotatable bonds is 5. The molecule has 0 aliphatic carbocycles. The fraction of sp³-hybridized carbons (Fsp3) is 0.176. The zero-order valence-electron chi connectivity index (χ0n) is 12.1. The van der Waals surface area contributed by atoms with Crippen LogP contribution in [-0.4, -0.2) is 16.7 Å². The Kier molecular flexibility index (Phi) is 5.33. The van der Waals surface area contributed by atoms with Gasteiger partial charge in [-0.25, -0.2) is 0 Å². The number of phenolic OH excluding ortho intramolecular Hbond substituents is 1. The van der Waals surface area contributed by atoms with Gasteiger partial charge in [-0.3, -0.25) is 4.79 Å². The van der Waals surface area contributed by atoms with Crippen molar-refractivity contribution in [1.82, 2.24) is 5.32 Å². The van der Waals surface area contributed by atoms with E-state index in [9.17, 15) is 9.90 Å². The first-order chi connectivity index (χ1) is 10.5. The van der Waals surface area contributed by atoms with E-state index in [0.29, 0.717) is 17.7 Å². The highest BCUT2D eigenvalue weighted by Gasteiger charge is 2.18. The fourth-order valence-electron chi connectivity index (χ4n) is 2.24. The van der Waals surface area contributed by atoms with Gasteiger partial charge in [-0.2, -0.15) is 0 Å². The van der Waals surface area contributed by atoms with Gasteiger partial charge in [0, 0.05) is 29.1 Å². The monoisotopic (exact) mass is 360 g/mol. The molecule has 5 heteroatoms. The summed E-state index contributed by atoms with van der Waals surface area (Å²) in [5.74, 6) is -0.0817. The lowest BCUT2D eigenvalue weighted by molar-refractivity contribution is -0.119. The molecule has 4 nitrogen and oxygen atoms in total. The maximum Gasteiger partial charge on any atom is 0.217 e. The van der Waals surface area contributed by atoms with E-state index < -0.39 is 6.04 Å². The van der Waals surface area contributed by atoms with E-state index in [1.54, 1.807) is 24.3 Å². The third kappa shape index (κ3) is 4.18. The van der Waals surface area contributed by atoms with Crippen molar-refractivity contribution in [3.63, 3.8) is 0 Å². The zero-order chi connectivity index (χ0) is 16.1. The Morgan fingerprint density at radius 1 is 1.23 bits per heavy atom. The fourth-order valence-corrected chi connectivity index (χ4v) is 2.50. The van der Waals surface area contributed by atoms with E-state index >= 15 is 0 Å². The van der Waals surface area contributed by atoms with Gasteiger partial charge >= 0.3 is 0 Å². The summed E-state index contributed by atoms with van der Waals surface area (Å²) in [5.41, 5.74) is 1.79. The number of amides is 1. The van der Waals surface area contributed by atoms with Gasteiger partial charge < -0.3 is 15.8 Å². The summed E-state index contributed by atoms with van der Waals surface area (Å²) in [6, 6.07) is 13.9. The standard InChI is InChI=1S/C17H17BrN2O2/c1-11(21)20-16(14-4-2-3-5-17(14)22)10-15(19)12-6-8-13(18)9-7-12/h2-9,16,19,22H,10H2,1H3,(H,20,21). The third-order valence-corrected chi connectivity index (χ3v) is 3.82. The normalized spacial score (nSPS) is 11.7. The Morgan fingerprint density at radius 2 is 1.86 bits per heavy atom. The van der Waals surface area contributed by atoms with Crippen molar-refractivity contribution in [2.45, 2.75) is 19.4 Å². The molecule has 0 saturated heterocycles. The molecule has 0 heterocycles. The minimum atomic E-state index is -0.435. The molecule has 0 aliphatic heterocycles. The largest absolute Gasteiger partial charge is 0.508 e. The second kappa shape index (κ2) is 7.22. The van der Waals surface area contributed by atoms with Crippen LogP contribution < -0.4 is 5.32 Å². The van der Waals surface area contributed by atoms with Crippen LogP contribution in [0.25, 0.3) is 0 Å². The molecule has 0 bridgehead atoms. The van der Waals surface area contributed by atoms with Gasteiger partial charge in [0.2, 0.25) is 5.91 Å². The van der Waals surface area contributed by atoms with Crippen LogP contribution in [0.5, 0.6) is 5.75 Å². The Bertz CT molecular complexity index is 683. The predicted molar refractivity (Wildman–Crippen MR) is 90.3 cm³/mol. The van der Waals surface area contributed by atoms with E-state index in [-0.39, 0.29) is 11.7 Å². The molecule has 0 radical (unpaired) electrons. The topological polar surface area (TPSA) is 73.2 Å². The number of halogens is 1. The first-order valence-electron chi connectivity index (χ1n) is 6.85. The second-order valence-corrected chi connectivity index (χ2v) is 5.92. The average molecular weight is 361 g/mol. The highest BCUT2D eigenvalue weighted by Crippen LogP contribution is 2.27. The lowest BCUT2D eigenvalue weighted by Crippen LogP contribution is -2.28. The number of benzene rings is 2. The number of aromatic hydroxyl groups is 1. The molecule has 114 valence electrons. The lowest BCUT2D eigenvalue weighted by Gasteiger charge is -2.20. The summed E-state index contributed by atoms with van der Waals surface area (Å²) in [5, 5.41) is 21.0. The lowest BCUT2D eigenvalue weighted by atomic mass is 9.96. The Labute approximate surface area is 137 Å². The number of carbonyl (C=O) groups is 1. The van der Waals surface area contributed by atoms with E-state index in [1.807, 2.05) is 24.3 Å². The molecule has 0 spiro atoms. The maximum absolute atomic E-state index is 11.4. The number of hydrogen-bond acceptors (Lipinski definition) is 3. The van der Waals surface area contributed by atoms with Gasteiger partial charge in [-0.1, -0.05) is 46.3 Å². The highest BCUT2D eigenvalue weighted by atomic mass is 79.9. The van der Waals surface area contributed by atoms with Crippen LogP contribution in [0.1, 0.15) is 30.5 Å². The molecular weight excluding hydrogens is 344 g/mol. The van der Waals surface area contributed by atoms with Crippen molar-refractivity contribution >= 4 is 27.5 Å². The van der Waals surface area contributed by atoms with Crippen molar-refractivity contribution in [3.05, 3.63) is 64.1 Å². The maximum atomic E-state index is 11.4. The van der Waals surface area contributed by atoms with Gasteiger partial charge in [-0.05, 0) is 23.8 Å². The Balaban J connectivity index is 2.23. The SMILES string of the molecule is CC(=O)NC(CC(=N)c1ccc(Br)cc1)c1ccccc1O. The van der Waals surface area contributed by atoms with E-state index in [0.717, 1.165) is 10.0 Å². The van der Waals surface area contributed by atoms with Crippen molar-refractivity contribution in [1.29, 1.82) is 5.41 Å². The van der Waals surface area contributed by atoms with Crippen LogP contribution in [0.3, 0.4) is 0 Å². The van der Waals surface area contributed by atoms with Crippen LogP contribution in [0.4, 0.5) is 0 Å². The van der Waals surface area contributed by atoms with Crippen LogP contribution in [-0.2, 0) is 4.79 Å². The summed E-state index contributed by atoms with van der Waals surface area (Å²) >= 11 is 3.36. The number of hydrogen-bond donors (Lipinski definition) is 3. The molecule has 2 aromatic rings.